The lowest BCUT2D eigenvalue weighted by Gasteiger charge is -2.24. The lowest BCUT2D eigenvalue weighted by Crippen LogP contribution is -2.46. The van der Waals surface area contributed by atoms with Crippen LogP contribution >= 0.6 is 0 Å². The van der Waals surface area contributed by atoms with Crippen molar-refractivity contribution in [3.63, 3.8) is 0 Å². The molecule has 328 valence electrons. The van der Waals surface area contributed by atoms with Gasteiger partial charge < -0.3 is 20.3 Å². The van der Waals surface area contributed by atoms with Crippen LogP contribution in [0.25, 0.3) is 0 Å². The van der Waals surface area contributed by atoms with Crippen LogP contribution in [-0.4, -0.2) is 46.9 Å². The molecular formula is C50H93NO5. The van der Waals surface area contributed by atoms with E-state index in [1.807, 2.05) is 0 Å². The second-order valence-corrected chi connectivity index (χ2v) is 16.6. The van der Waals surface area contributed by atoms with Crippen LogP contribution in [0.15, 0.2) is 36.5 Å². The van der Waals surface area contributed by atoms with E-state index < -0.39 is 18.2 Å². The van der Waals surface area contributed by atoms with Gasteiger partial charge in [-0.3, -0.25) is 9.59 Å². The average Bonchev–Trinajstić information content (AvgIpc) is 3.19. The molecule has 0 saturated heterocycles. The Hall–Kier alpha value is -1.92. The van der Waals surface area contributed by atoms with Gasteiger partial charge >= 0.3 is 5.97 Å². The average molecular weight is 788 g/mol. The van der Waals surface area contributed by atoms with Crippen LogP contribution in [0.4, 0.5) is 0 Å². The zero-order valence-corrected chi connectivity index (χ0v) is 37.3. The van der Waals surface area contributed by atoms with Gasteiger partial charge in [0.1, 0.15) is 6.10 Å². The summed E-state index contributed by atoms with van der Waals surface area (Å²) in [5.41, 5.74) is 0. The summed E-state index contributed by atoms with van der Waals surface area (Å²) in [5, 5.41) is 23.7. The van der Waals surface area contributed by atoms with E-state index in [2.05, 4.69) is 62.5 Å². The van der Waals surface area contributed by atoms with E-state index in [1.54, 1.807) is 0 Å². The molecule has 56 heavy (non-hydrogen) atoms. The number of esters is 1. The zero-order valence-electron chi connectivity index (χ0n) is 37.3. The molecule has 0 aromatic carbocycles. The van der Waals surface area contributed by atoms with E-state index in [0.29, 0.717) is 19.3 Å². The number of ether oxygens (including phenoxy) is 1. The quantitative estimate of drug-likeness (QED) is 0.0325. The van der Waals surface area contributed by atoms with Crippen LogP contribution < -0.4 is 5.32 Å². The Morgan fingerprint density at radius 2 is 0.964 bits per heavy atom. The van der Waals surface area contributed by atoms with E-state index >= 15 is 0 Å². The molecule has 0 aliphatic heterocycles. The van der Waals surface area contributed by atoms with Crippen molar-refractivity contribution in [3.05, 3.63) is 36.5 Å². The number of carbonyl (C=O) groups is 2. The topological polar surface area (TPSA) is 95.9 Å². The Kier molecular flexibility index (Phi) is 42.7. The fourth-order valence-corrected chi connectivity index (χ4v) is 7.37. The van der Waals surface area contributed by atoms with Crippen LogP contribution in [0.5, 0.6) is 0 Å². The summed E-state index contributed by atoms with van der Waals surface area (Å²) in [4.78, 5) is 26.0. The molecule has 0 aliphatic rings. The highest BCUT2D eigenvalue weighted by atomic mass is 16.5. The number of amides is 1. The van der Waals surface area contributed by atoms with E-state index in [4.69, 9.17) is 4.74 Å². The minimum Gasteiger partial charge on any atom is -0.462 e. The normalized spacial score (nSPS) is 13.6. The first-order chi connectivity index (χ1) is 27.5. The van der Waals surface area contributed by atoms with Crippen molar-refractivity contribution in [2.45, 2.75) is 264 Å². The molecule has 0 heterocycles. The molecule has 6 heteroatoms. The first-order valence-corrected chi connectivity index (χ1v) is 24.2. The van der Waals surface area contributed by atoms with Crippen molar-refractivity contribution in [1.82, 2.24) is 5.32 Å². The van der Waals surface area contributed by atoms with Crippen LogP contribution in [0.2, 0.25) is 0 Å². The number of aliphatic hydroxyl groups is 2. The van der Waals surface area contributed by atoms with Gasteiger partial charge in [0.15, 0.2) is 0 Å². The lowest BCUT2D eigenvalue weighted by atomic mass is 10.0. The van der Waals surface area contributed by atoms with Gasteiger partial charge in [-0.15, -0.1) is 0 Å². The third-order valence-corrected chi connectivity index (χ3v) is 11.0. The first-order valence-electron chi connectivity index (χ1n) is 24.2. The fraction of sp³-hybridized carbons (Fsp3) is 0.840. The van der Waals surface area contributed by atoms with Gasteiger partial charge in [0, 0.05) is 6.42 Å². The van der Waals surface area contributed by atoms with Crippen molar-refractivity contribution < 1.29 is 24.5 Å². The third-order valence-electron chi connectivity index (χ3n) is 11.0. The molecule has 3 atom stereocenters. The molecule has 0 aromatic rings. The number of carbonyl (C=O) groups excluding carboxylic acids is 2. The fourth-order valence-electron chi connectivity index (χ4n) is 7.37. The Labute approximate surface area is 347 Å². The molecule has 0 bridgehead atoms. The molecule has 0 aromatic heterocycles. The smallest absolute Gasteiger partial charge is 0.306 e. The molecule has 1 amide bonds. The standard InChI is InChI=1S/C50H93NO5/c1-4-7-10-13-16-19-22-25-26-29-32-35-38-41-46(56-50(55)43-40-37-34-31-28-24-21-18-15-12-9-6-3)44-49(54)51-47(45-52)48(53)42-39-36-33-30-27-23-20-17-14-11-8-5-2/h7,10,13,16,19,22,46-48,52-53H,4-6,8-9,11-12,14-15,17-18,20-21,23-45H2,1-3H3,(H,51,54)/b10-7+,16-13+,22-19+. The van der Waals surface area contributed by atoms with Crippen molar-refractivity contribution in [1.29, 1.82) is 0 Å². The van der Waals surface area contributed by atoms with Gasteiger partial charge in [0.2, 0.25) is 5.91 Å². The molecular weight excluding hydrogens is 695 g/mol. The second-order valence-electron chi connectivity index (χ2n) is 16.6. The minimum absolute atomic E-state index is 0.0672. The monoisotopic (exact) mass is 788 g/mol. The number of rotatable bonds is 43. The predicted molar refractivity (Wildman–Crippen MR) is 241 cm³/mol. The number of nitrogens with one attached hydrogen (secondary N) is 1. The molecule has 0 radical (unpaired) electrons. The first kappa shape index (κ1) is 54.1. The molecule has 0 saturated carbocycles. The number of hydrogen-bond donors (Lipinski definition) is 3. The predicted octanol–water partition coefficient (Wildman–Crippen LogP) is 14.1. The number of hydrogen-bond acceptors (Lipinski definition) is 5. The molecule has 0 fully saturated rings. The number of aliphatic hydroxyl groups excluding tert-OH is 2. The minimum atomic E-state index is -0.789. The molecule has 0 aliphatic carbocycles. The Balaban J connectivity index is 4.60. The highest BCUT2D eigenvalue weighted by molar-refractivity contribution is 5.77. The Morgan fingerprint density at radius 3 is 1.45 bits per heavy atom. The summed E-state index contributed by atoms with van der Waals surface area (Å²) in [7, 11) is 0. The van der Waals surface area contributed by atoms with Crippen LogP contribution in [0.3, 0.4) is 0 Å². The molecule has 0 spiro atoms. The van der Waals surface area contributed by atoms with Gasteiger partial charge in [0.05, 0.1) is 25.2 Å². The summed E-state index contributed by atoms with van der Waals surface area (Å²) < 4.78 is 5.91. The largest absolute Gasteiger partial charge is 0.462 e. The van der Waals surface area contributed by atoms with Crippen molar-refractivity contribution in [2.75, 3.05) is 6.61 Å². The zero-order chi connectivity index (χ0) is 41.0. The summed E-state index contributed by atoms with van der Waals surface area (Å²) in [6, 6.07) is -0.704. The van der Waals surface area contributed by atoms with Crippen molar-refractivity contribution in [3.8, 4) is 0 Å². The summed E-state index contributed by atoms with van der Waals surface area (Å²) in [6.45, 7) is 6.34. The highest BCUT2D eigenvalue weighted by Crippen LogP contribution is 2.18. The van der Waals surface area contributed by atoms with Gasteiger partial charge in [-0.2, -0.15) is 0 Å². The molecule has 0 rings (SSSR count). The summed E-state index contributed by atoms with van der Waals surface area (Å²) >= 11 is 0. The highest BCUT2D eigenvalue weighted by Gasteiger charge is 2.24. The van der Waals surface area contributed by atoms with Gasteiger partial charge in [0.25, 0.3) is 0 Å². The van der Waals surface area contributed by atoms with E-state index in [1.165, 1.54) is 116 Å². The van der Waals surface area contributed by atoms with Gasteiger partial charge in [-0.25, -0.2) is 0 Å². The van der Waals surface area contributed by atoms with Crippen molar-refractivity contribution in [2.24, 2.45) is 0 Å². The second kappa shape index (κ2) is 44.2. The van der Waals surface area contributed by atoms with Crippen molar-refractivity contribution >= 4 is 11.9 Å². The van der Waals surface area contributed by atoms with Gasteiger partial charge in [-0.1, -0.05) is 224 Å². The number of allylic oxidation sites excluding steroid dienone is 6. The Morgan fingerprint density at radius 1 is 0.536 bits per heavy atom. The maximum Gasteiger partial charge on any atom is 0.306 e. The lowest BCUT2D eigenvalue weighted by molar-refractivity contribution is -0.151. The maximum atomic E-state index is 13.2. The molecule has 3 N–H and O–H groups in total. The maximum absolute atomic E-state index is 13.2. The van der Waals surface area contributed by atoms with Crippen LogP contribution in [0.1, 0.15) is 245 Å². The van der Waals surface area contributed by atoms with E-state index in [-0.39, 0.29) is 24.9 Å². The van der Waals surface area contributed by atoms with E-state index in [9.17, 15) is 19.8 Å². The summed E-state index contributed by atoms with van der Waals surface area (Å²) in [6.07, 6.45) is 50.6. The van der Waals surface area contributed by atoms with Gasteiger partial charge in [-0.05, 0) is 44.9 Å². The molecule has 6 nitrogen and oxygen atoms in total. The summed E-state index contributed by atoms with van der Waals surface area (Å²) in [5.74, 6) is -0.487. The third kappa shape index (κ3) is 38.9. The van der Waals surface area contributed by atoms with Crippen LogP contribution in [0, 0.1) is 0 Å². The SMILES string of the molecule is CC/C=C/C=C/C=C/CCCCCCCC(CC(=O)NC(CO)C(O)CCCCCCCCCCCCCC)OC(=O)CCCCCCCCCCCCCC. The Bertz CT molecular complexity index is 930. The number of unbranched alkanes of at least 4 members (excludes halogenated alkanes) is 27. The van der Waals surface area contributed by atoms with Crippen LogP contribution in [-0.2, 0) is 14.3 Å². The molecule has 3 unspecified atom stereocenters. The van der Waals surface area contributed by atoms with E-state index in [0.717, 1.165) is 83.5 Å².